The molecule has 3 heterocycles. The summed E-state index contributed by atoms with van der Waals surface area (Å²) in [5, 5.41) is 10.4. The molecule has 1 fully saturated rings. The first-order valence-corrected chi connectivity index (χ1v) is 13.7. The summed E-state index contributed by atoms with van der Waals surface area (Å²) in [4.78, 5) is 34.4. The molecule has 1 amide bonds. The third-order valence-corrected chi connectivity index (χ3v) is 7.77. The number of carboxylic acids is 1. The molecule has 1 aromatic heterocycles. The minimum atomic E-state index is -0.807. The standard InChI is InChI=1S/C28H41N5O4/c1-2-3-12-32(13-5-4-10-29)26(34)19-33-18-23(21-6-7-25-22(17-21)9-16-37-25)27(28(35)36)24(33)8-14-31-15-11-30-20-31/h6-7,11,15,17,20,23-24,27H,2-5,8-10,12-14,16,18-19,29H2,1H3,(H,35,36). The predicted octanol–water partition coefficient (Wildman–Crippen LogP) is 2.74. The van der Waals surface area contributed by atoms with Crippen LogP contribution in [0.2, 0.25) is 0 Å². The van der Waals surface area contributed by atoms with E-state index < -0.39 is 11.9 Å². The fourth-order valence-corrected chi connectivity index (χ4v) is 5.76. The molecule has 2 aliphatic heterocycles. The number of aromatic nitrogens is 2. The Balaban J connectivity index is 1.56. The number of unbranched alkanes of at least 4 members (excludes halogenated alkanes) is 2. The van der Waals surface area contributed by atoms with Crippen molar-refractivity contribution < 1.29 is 19.4 Å². The number of rotatable bonds is 14. The van der Waals surface area contributed by atoms with Crippen LogP contribution in [-0.4, -0.2) is 81.7 Å². The Morgan fingerprint density at radius 3 is 2.81 bits per heavy atom. The van der Waals surface area contributed by atoms with Gasteiger partial charge in [0.2, 0.25) is 5.91 Å². The second-order valence-corrected chi connectivity index (χ2v) is 10.3. The van der Waals surface area contributed by atoms with Crippen LogP contribution in [-0.2, 0) is 22.6 Å². The summed E-state index contributed by atoms with van der Waals surface area (Å²) in [6.07, 6.45) is 10.6. The van der Waals surface area contributed by atoms with Gasteiger partial charge in [-0.2, -0.15) is 0 Å². The van der Waals surface area contributed by atoms with Gasteiger partial charge >= 0.3 is 5.97 Å². The average Bonchev–Trinajstić information content (AvgIpc) is 3.64. The Morgan fingerprint density at radius 1 is 1.24 bits per heavy atom. The number of carbonyl (C=O) groups is 2. The second kappa shape index (κ2) is 13.1. The fourth-order valence-electron chi connectivity index (χ4n) is 5.76. The van der Waals surface area contributed by atoms with E-state index in [2.05, 4.69) is 22.9 Å². The summed E-state index contributed by atoms with van der Waals surface area (Å²) in [7, 11) is 0. The van der Waals surface area contributed by atoms with E-state index in [0.29, 0.717) is 39.2 Å². The van der Waals surface area contributed by atoms with E-state index in [4.69, 9.17) is 10.5 Å². The summed E-state index contributed by atoms with van der Waals surface area (Å²) < 4.78 is 7.64. The molecule has 0 saturated carbocycles. The molecule has 0 bridgehead atoms. The Hall–Kier alpha value is -2.91. The highest BCUT2D eigenvalue weighted by atomic mass is 16.5. The van der Waals surface area contributed by atoms with Crippen LogP contribution in [0.1, 0.15) is 56.1 Å². The van der Waals surface area contributed by atoms with Gasteiger partial charge in [0.1, 0.15) is 5.75 Å². The smallest absolute Gasteiger partial charge is 0.308 e. The highest BCUT2D eigenvalue weighted by Crippen LogP contribution is 2.41. The monoisotopic (exact) mass is 511 g/mol. The zero-order chi connectivity index (χ0) is 26.2. The maximum atomic E-state index is 13.5. The number of amides is 1. The molecule has 0 spiro atoms. The van der Waals surface area contributed by atoms with Crippen LogP contribution in [0.4, 0.5) is 0 Å². The van der Waals surface area contributed by atoms with E-state index in [0.717, 1.165) is 55.5 Å². The van der Waals surface area contributed by atoms with E-state index >= 15 is 0 Å². The van der Waals surface area contributed by atoms with Crippen LogP contribution in [0.25, 0.3) is 0 Å². The van der Waals surface area contributed by atoms with Crippen molar-refractivity contribution in [3.63, 3.8) is 0 Å². The molecule has 1 aromatic carbocycles. The highest BCUT2D eigenvalue weighted by molar-refractivity contribution is 5.79. The lowest BCUT2D eigenvalue weighted by atomic mass is 9.83. The van der Waals surface area contributed by atoms with Crippen LogP contribution >= 0.6 is 0 Å². The highest BCUT2D eigenvalue weighted by Gasteiger charge is 2.47. The fraction of sp³-hybridized carbons (Fsp3) is 0.607. The SMILES string of the molecule is CCCCN(CCCCN)C(=O)CN1CC(c2ccc3c(c2)CCO3)C(C(=O)O)C1CCn1ccnc1. The summed E-state index contributed by atoms with van der Waals surface area (Å²) in [5.74, 6) is -0.631. The van der Waals surface area contributed by atoms with Gasteiger partial charge < -0.3 is 25.0 Å². The summed E-state index contributed by atoms with van der Waals surface area (Å²) in [6.45, 7) is 6.25. The number of imidazole rings is 1. The van der Waals surface area contributed by atoms with Gasteiger partial charge in [-0.1, -0.05) is 25.5 Å². The normalized spacial score (nSPS) is 21.1. The molecule has 3 N–H and O–H groups in total. The zero-order valence-corrected chi connectivity index (χ0v) is 21.9. The predicted molar refractivity (Wildman–Crippen MR) is 141 cm³/mol. The third-order valence-electron chi connectivity index (χ3n) is 7.77. The van der Waals surface area contributed by atoms with E-state index in [1.807, 2.05) is 27.8 Å². The van der Waals surface area contributed by atoms with Gasteiger partial charge in [-0.05, 0) is 49.4 Å². The first-order chi connectivity index (χ1) is 18.0. The van der Waals surface area contributed by atoms with Crippen molar-refractivity contribution in [2.75, 3.05) is 39.3 Å². The van der Waals surface area contributed by atoms with Crippen molar-refractivity contribution in [3.8, 4) is 5.75 Å². The molecule has 2 aromatic rings. The van der Waals surface area contributed by atoms with Gasteiger partial charge in [-0.25, -0.2) is 4.98 Å². The molecule has 37 heavy (non-hydrogen) atoms. The van der Waals surface area contributed by atoms with Crippen molar-refractivity contribution in [1.29, 1.82) is 0 Å². The Kier molecular flexibility index (Phi) is 9.57. The first kappa shape index (κ1) is 27.1. The van der Waals surface area contributed by atoms with Crippen LogP contribution in [0, 0.1) is 5.92 Å². The number of likely N-dealkylation sites (tertiary alicyclic amines) is 1. The van der Waals surface area contributed by atoms with Gasteiger partial charge in [0.05, 0.1) is 25.4 Å². The van der Waals surface area contributed by atoms with Gasteiger partial charge in [-0.15, -0.1) is 0 Å². The van der Waals surface area contributed by atoms with E-state index in [9.17, 15) is 14.7 Å². The van der Waals surface area contributed by atoms with Crippen molar-refractivity contribution in [3.05, 3.63) is 48.0 Å². The molecule has 4 rings (SSSR count). The van der Waals surface area contributed by atoms with E-state index in [1.165, 1.54) is 0 Å². The number of hydrogen-bond donors (Lipinski definition) is 2. The van der Waals surface area contributed by atoms with Crippen LogP contribution in [0.15, 0.2) is 36.9 Å². The molecule has 3 unspecified atom stereocenters. The topological polar surface area (TPSA) is 114 Å². The van der Waals surface area contributed by atoms with Crippen molar-refractivity contribution in [1.82, 2.24) is 19.4 Å². The molecule has 2 aliphatic rings. The molecule has 0 aliphatic carbocycles. The average molecular weight is 512 g/mol. The van der Waals surface area contributed by atoms with Crippen LogP contribution < -0.4 is 10.5 Å². The van der Waals surface area contributed by atoms with Gasteiger partial charge in [-0.3, -0.25) is 14.5 Å². The minimum Gasteiger partial charge on any atom is -0.493 e. The Labute approximate surface area is 219 Å². The molecule has 202 valence electrons. The molecule has 1 saturated heterocycles. The number of aryl methyl sites for hydroxylation is 1. The summed E-state index contributed by atoms with van der Waals surface area (Å²) in [6, 6.07) is 5.83. The van der Waals surface area contributed by atoms with Crippen LogP contribution in [0.5, 0.6) is 5.75 Å². The first-order valence-electron chi connectivity index (χ1n) is 13.7. The number of hydrogen-bond acceptors (Lipinski definition) is 6. The largest absolute Gasteiger partial charge is 0.493 e. The van der Waals surface area contributed by atoms with Gasteiger partial charge in [0.15, 0.2) is 0 Å². The maximum Gasteiger partial charge on any atom is 0.308 e. The number of aliphatic carboxylic acids is 1. The molecular formula is C28H41N5O4. The number of nitrogens with two attached hydrogens (primary N) is 1. The van der Waals surface area contributed by atoms with Gasteiger partial charge in [0.25, 0.3) is 0 Å². The number of nitrogens with zero attached hydrogens (tertiary/aromatic N) is 4. The number of ether oxygens (including phenoxy) is 1. The molecule has 9 nitrogen and oxygen atoms in total. The molecule has 9 heteroatoms. The number of carboxylic acid groups (broad SMARTS) is 1. The van der Waals surface area contributed by atoms with E-state index in [1.54, 1.807) is 12.5 Å². The molecular weight excluding hydrogens is 470 g/mol. The number of benzene rings is 1. The second-order valence-electron chi connectivity index (χ2n) is 10.3. The number of fused-ring (bicyclic) bond motifs is 1. The lowest BCUT2D eigenvalue weighted by Gasteiger charge is -2.30. The third kappa shape index (κ3) is 6.70. The Bertz CT molecular complexity index is 1030. The van der Waals surface area contributed by atoms with Crippen LogP contribution in [0.3, 0.4) is 0 Å². The summed E-state index contributed by atoms with van der Waals surface area (Å²) >= 11 is 0. The molecule has 0 radical (unpaired) electrons. The lowest BCUT2D eigenvalue weighted by Crippen LogP contribution is -2.45. The van der Waals surface area contributed by atoms with Crippen molar-refractivity contribution in [2.24, 2.45) is 11.7 Å². The van der Waals surface area contributed by atoms with Gasteiger partial charge in [0, 0.05) is 57.0 Å². The molecule has 3 atom stereocenters. The van der Waals surface area contributed by atoms with E-state index in [-0.39, 0.29) is 24.4 Å². The quantitative estimate of drug-likeness (QED) is 0.375. The Morgan fingerprint density at radius 2 is 2.08 bits per heavy atom. The minimum absolute atomic E-state index is 0.0743. The lowest BCUT2D eigenvalue weighted by molar-refractivity contribution is -0.144. The van der Waals surface area contributed by atoms with Crippen molar-refractivity contribution >= 4 is 11.9 Å². The zero-order valence-electron chi connectivity index (χ0n) is 21.9. The summed E-state index contributed by atoms with van der Waals surface area (Å²) in [5.41, 5.74) is 7.84. The van der Waals surface area contributed by atoms with Crippen molar-refractivity contribution in [2.45, 2.75) is 64.0 Å². The maximum absolute atomic E-state index is 13.5. The number of carbonyl (C=O) groups excluding carboxylic acids is 1.